The van der Waals surface area contributed by atoms with Gasteiger partial charge in [-0.1, -0.05) is 11.9 Å². The molecule has 0 bridgehead atoms. The molecule has 3 aliphatic rings. The fraction of sp³-hybridized carbons (Fsp3) is 0.429. The maximum absolute atomic E-state index is 15.1. The summed E-state index contributed by atoms with van der Waals surface area (Å²) in [6, 6.07) is 8.61. The van der Waals surface area contributed by atoms with Crippen LogP contribution in [0.5, 0.6) is 0 Å². The van der Waals surface area contributed by atoms with Gasteiger partial charge in [0.25, 0.3) is 5.91 Å². The van der Waals surface area contributed by atoms with Crippen molar-refractivity contribution in [3.63, 3.8) is 0 Å². The lowest BCUT2D eigenvalue weighted by Gasteiger charge is -2.29. The number of hydrogen-bond acceptors (Lipinski definition) is 6. The van der Waals surface area contributed by atoms with Crippen LogP contribution in [0.25, 0.3) is 10.9 Å². The van der Waals surface area contributed by atoms with Gasteiger partial charge in [-0.25, -0.2) is 9.37 Å². The molecule has 1 saturated heterocycles. The van der Waals surface area contributed by atoms with Crippen LogP contribution in [0.15, 0.2) is 36.4 Å². The van der Waals surface area contributed by atoms with Crippen LogP contribution < -0.4 is 14.9 Å². The molecule has 3 fully saturated rings. The SMILES string of the molecule is CSNc1cc(F)c(C2(NC(=O)c3ccc4nc(C(F)(F)F)cc(N5CCCC56C[C@@H]6O)c4c3)CC2)cc1C. The van der Waals surface area contributed by atoms with E-state index in [9.17, 15) is 23.1 Å². The average Bonchev–Trinajstić information content (AvgIpc) is 3.75. The van der Waals surface area contributed by atoms with E-state index in [2.05, 4.69) is 15.0 Å². The molecule has 6 rings (SSSR count). The molecule has 39 heavy (non-hydrogen) atoms. The highest BCUT2D eigenvalue weighted by molar-refractivity contribution is 7.99. The van der Waals surface area contributed by atoms with Crippen LogP contribution in [-0.2, 0) is 11.7 Å². The molecule has 1 aromatic heterocycles. The summed E-state index contributed by atoms with van der Waals surface area (Å²) in [7, 11) is 0. The number of fused-ring (bicyclic) bond motifs is 1. The second kappa shape index (κ2) is 8.99. The number of amides is 1. The van der Waals surface area contributed by atoms with Gasteiger partial charge < -0.3 is 20.0 Å². The van der Waals surface area contributed by atoms with E-state index in [1.807, 2.05) is 18.1 Å². The third kappa shape index (κ3) is 4.39. The third-order valence-corrected chi connectivity index (χ3v) is 8.73. The summed E-state index contributed by atoms with van der Waals surface area (Å²) >= 11 is 1.36. The Balaban J connectivity index is 1.36. The first kappa shape index (κ1) is 26.2. The summed E-state index contributed by atoms with van der Waals surface area (Å²) in [5, 5.41) is 13.7. The van der Waals surface area contributed by atoms with E-state index in [0.717, 1.165) is 18.1 Å². The van der Waals surface area contributed by atoms with Crippen molar-refractivity contribution in [1.29, 1.82) is 0 Å². The van der Waals surface area contributed by atoms with Crippen molar-refractivity contribution in [2.24, 2.45) is 0 Å². The molecule has 3 N–H and O–H groups in total. The quantitative estimate of drug-likeness (QED) is 0.257. The lowest BCUT2D eigenvalue weighted by Crippen LogP contribution is -2.36. The number of carbonyl (C=O) groups is 1. The number of alkyl halides is 3. The second-order valence-electron chi connectivity index (χ2n) is 10.8. The van der Waals surface area contributed by atoms with Gasteiger partial charge in [0.15, 0.2) is 0 Å². The Morgan fingerprint density at radius 2 is 1.92 bits per heavy atom. The number of hydrogen-bond donors (Lipinski definition) is 3. The van der Waals surface area contributed by atoms with E-state index in [1.165, 1.54) is 30.1 Å². The normalized spacial score (nSPS) is 23.4. The lowest BCUT2D eigenvalue weighted by molar-refractivity contribution is -0.140. The molecular formula is C28H28F4N4O2S. The average molecular weight is 561 g/mol. The van der Waals surface area contributed by atoms with Crippen molar-refractivity contribution in [3.8, 4) is 0 Å². The van der Waals surface area contributed by atoms with Crippen molar-refractivity contribution in [3.05, 3.63) is 64.6 Å². The molecule has 3 aromatic rings. The maximum atomic E-state index is 15.1. The number of anilines is 2. The van der Waals surface area contributed by atoms with Crippen LogP contribution in [-0.4, -0.2) is 40.4 Å². The number of aromatic nitrogens is 1. The van der Waals surface area contributed by atoms with Gasteiger partial charge in [0.05, 0.1) is 22.7 Å². The zero-order valence-electron chi connectivity index (χ0n) is 21.5. The fourth-order valence-corrected chi connectivity index (χ4v) is 6.40. The number of carbonyl (C=O) groups excluding carboxylic acids is 1. The maximum Gasteiger partial charge on any atom is 0.433 e. The van der Waals surface area contributed by atoms with E-state index in [0.29, 0.717) is 54.6 Å². The number of aliphatic hydroxyl groups is 1. The predicted molar refractivity (Wildman–Crippen MR) is 143 cm³/mol. The van der Waals surface area contributed by atoms with E-state index in [4.69, 9.17) is 0 Å². The number of pyridine rings is 1. The zero-order chi connectivity index (χ0) is 27.7. The number of halogens is 4. The van der Waals surface area contributed by atoms with Crippen LogP contribution in [0.4, 0.5) is 28.9 Å². The summed E-state index contributed by atoms with van der Waals surface area (Å²) < 4.78 is 59.3. The molecule has 1 aliphatic heterocycles. The summed E-state index contributed by atoms with van der Waals surface area (Å²) in [4.78, 5) is 19.1. The molecule has 206 valence electrons. The number of rotatable bonds is 6. The zero-order valence-corrected chi connectivity index (χ0v) is 22.3. The first-order valence-electron chi connectivity index (χ1n) is 12.9. The second-order valence-corrected chi connectivity index (χ2v) is 11.4. The Hall–Kier alpha value is -3.05. The monoisotopic (exact) mass is 560 g/mol. The van der Waals surface area contributed by atoms with Crippen LogP contribution in [0.3, 0.4) is 0 Å². The molecular weight excluding hydrogens is 532 g/mol. The Bertz CT molecular complexity index is 1490. The van der Waals surface area contributed by atoms with Crippen molar-refractivity contribution in [2.45, 2.75) is 62.4 Å². The Labute approximate surface area is 227 Å². The van der Waals surface area contributed by atoms with Gasteiger partial charge in [0.1, 0.15) is 11.5 Å². The van der Waals surface area contributed by atoms with E-state index in [1.54, 1.807) is 12.1 Å². The molecule has 11 heteroatoms. The van der Waals surface area contributed by atoms with Gasteiger partial charge in [-0.15, -0.1) is 0 Å². The van der Waals surface area contributed by atoms with Crippen molar-refractivity contribution < 1.29 is 27.5 Å². The van der Waals surface area contributed by atoms with E-state index in [-0.39, 0.29) is 11.1 Å². The number of nitrogens with zero attached hydrogens (tertiary/aromatic N) is 2. The summed E-state index contributed by atoms with van der Waals surface area (Å²) in [6.07, 6.45) is -0.304. The van der Waals surface area contributed by atoms with Gasteiger partial charge in [0, 0.05) is 47.1 Å². The molecule has 1 amide bonds. The molecule has 1 unspecified atom stereocenters. The third-order valence-electron chi connectivity index (χ3n) is 8.31. The molecule has 6 nitrogen and oxygen atoms in total. The van der Waals surface area contributed by atoms with Crippen LogP contribution in [0.2, 0.25) is 0 Å². The van der Waals surface area contributed by atoms with Crippen molar-refractivity contribution in [1.82, 2.24) is 10.3 Å². The largest absolute Gasteiger partial charge is 0.433 e. The van der Waals surface area contributed by atoms with Gasteiger partial charge in [-0.05, 0) is 74.6 Å². The van der Waals surface area contributed by atoms with Gasteiger partial charge in [-0.2, -0.15) is 13.2 Å². The highest BCUT2D eigenvalue weighted by atomic mass is 32.2. The Morgan fingerprint density at radius 1 is 1.18 bits per heavy atom. The fourth-order valence-electron chi connectivity index (χ4n) is 5.96. The number of aliphatic hydroxyl groups excluding tert-OH is 1. The highest BCUT2D eigenvalue weighted by Crippen LogP contribution is 2.53. The minimum atomic E-state index is -4.64. The minimum Gasteiger partial charge on any atom is -0.391 e. The number of benzene rings is 2. The van der Waals surface area contributed by atoms with Crippen LogP contribution in [0, 0.1) is 12.7 Å². The summed E-state index contributed by atoms with van der Waals surface area (Å²) in [5.74, 6) is -0.854. The summed E-state index contributed by atoms with van der Waals surface area (Å²) in [5.41, 5.74) is 0.199. The Morgan fingerprint density at radius 3 is 2.56 bits per heavy atom. The van der Waals surface area contributed by atoms with E-state index >= 15 is 4.39 Å². The molecule has 2 atom stereocenters. The smallest absolute Gasteiger partial charge is 0.391 e. The summed E-state index contributed by atoms with van der Waals surface area (Å²) in [6.45, 7) is 2.38. The minimum absolute atomic E-state index is 0.119. The van der Waals surface area contributed by atoms with Crippen molar-refractivity contribution >= 4 is 40.1 Å². The molecule has 2 saturated carbocycles. The van der Waals surface area contributed by atoms with Gasteiger partial charge >= 0.3 is 6.18 Å². The Kier molecular flexibility index (Phi) is 6.03. The molecule has 2 aromatic carbocycles. The van der Waals surface area contributed by atoms with Crippen LogP contribution in [0.1, 0.15) is 59.3 Å². The standard InChI is InChI=1S/C28H28F4N4O2S/c1-15-10-18(19(29)12-21(15)35-39-2)26(7-8-26)34-25(38)16-4-5-20-17(11-16)22(13-23(33-20)28(30,31)32)36-9-3-6-27(36)14-24(27)37/h4-5,10-13,24,35,37H,3,6-9,14H2,1-2H3,(H,34,38)/t24-,27?/m0/s1. The topological polar surface area (TPSA) is 77.5 Å². The van der Waals surface area contributed by atoms with Crippen LogP contribution >= 0.6 is 11.9 Å². The molecule has 2 heterocycles. The van der Waals surface area contributed by atoms with Gasteiger partial charge in [-0.3, -0.25) is 4.79 Å². The molecule has 2 aliphatic carbocycles. The number of nitrogens with one attached hydrogen (secondary N) is 2. The predicted octanol–water partition coefficient (Wildman–Crippen LogP) is 5.91. The highest BCUT2D eigenvalue weighted by Gasteiger charge is 2.60. The lowest BCUT2D eigenvalue weighted by atomic mass is 9.99. The number of aryl methyl sites for hydroxylation is 1. The van der Waals surface area contributed by atoms with Gasteiger partial charge in [0.2, 0.25) is 0 Å². The molecule has 0 radical (unpaired) electrons. The first-order valence-corrected chi connectivity index (χ1v) is 14.1. The molecule has 1 spiro atoms. The van der Waals surface area contributed by atoms with Crippen molar-refractivity contribution in [2.75, 3.05) is 22.4 Å². The van der Waals surface area contributed by atoms with E-state index < -0.39 is 40.8 Å². The first-order chi connectivity index (χ1) is 18.5.